The fraction of sp³-hybridized carbons (Fsp3) is 0. The maximum Gasteiger partial charge on any atom is 0.165 e. The molecule has 0 spiro atoms. The highest BCUT2D eigenvalue weighted by Crippen LogP contribution is 2.47. The summed E-state index contributed by atoms with van der Waals surface area (Å²) < 4.78 is 7.26. The van der Waals surface area contributed by atoms with Crippen LogP contribution in [0.5, 0.6) is 0 Å². The van der Waals surface area contributed by atoms with Gasteiger partial charge in [0.15, 0.2) is 5.65 Å². The van der Waals surface area contributed by atoms with Crippen molar-refractivity contribution in [2.24, 2.45) is 0 Å². The van der Waals surface area contributed by atoms with Crippen molar-refractivity contribution in [2.75, 3.05) is 0 Å². The van der Waals surface area contributed by atoms with Gasteiger partial charge in [-0.25, -0.2) is 9.97 Å². The molecule has 12 aromatic rings. The van der Waals surface area contributed by atoms with Gasteiger partial charge in [-0.15, -0.1) is 11.3 Å². The second kappa shape index (κ2) is 9.19. The van der Waals surface area contributed by atoms with Crippen LogP contribution in [0.1, 0.15) is 0 Å². The van der Waals surface area contributed by atoms with Gasteiger partial charge in [-0.2, -0.15) is 0 Å². The molecule has 5 aromatic heterocycles. The lowest BCUT2D eigenvalue weighted by molar-refractivity contribution is 1.18. The summed E-state index contributed by atoms with van der Waals surface area (Å²) in [6, 6.07) is 52.6. The Morgan fingerprint density at radius 2 is 1.12 bits per heavy atom. The van der Waals surface area contributed by atoms with Crippen molar-refractivity contribution in [2.45, 2.75) is 0 Å². The van der Waals surface area contributed by atoms with E-state index in [1.807, 2.05) is 23.5 Å². The Hall–Kier alpha value is -6.30. The largest absolute Gasteiger partial charge is 0.309 e. The predicted molar refractivity (Wildman–Crippen MR) is 207 cm³/mol. The van der Waals surface area contributed by atoms with E-state index in [2.05, 4.69) is 142 Å². The Kier molecular flexibility index (Phi) is 4.83. The molecule has 4 nitrogen and oxygen atoms in total. The van der Waals surface area contributed by atoms with Crippen LogP contribution in [0, 0.1) is 0 Å². The molecule has 0 aliphatic carbocycles. The van der Waals surface area contributed by atoms with E-state index in [-0.39, 0.29) is 0 Å². The third-order valence-electron chi connectivity index (χ3n) is 10.4. The molecule has 0 atom stereocenters. The highest BCUT2D eigenvalue weighted by atomic mass is 32.1. The van der Waals surface area contributed by atoms with Gasteiger partial charge in [0.25, 0.3) is 0 Å². The highest BCUT2D eigenvalue weighted by Gasteiger charge is 2.24. The summed E-state index contributed by atoms with van der Waals surface area (Å²) in [6.45, 7) is 0. The fourth-order valence-electron chi connectivity index (χ4n) is 8.30. The van der Waals surface area contributed by atoms with E-state index in [1.54, 1.807) is 0 Å². The molecule has 7 aromatic carbocycles. The average molecular weight is 641 g/mol. The standard InChI is InChI=1S/C44H24N4S/c1-2-10-27(11-3-1)47-36-16-8-4-12-28(36)30-22-25(18-20-38(30)47)26-19-21-39-31(23-26)33-24-32-29-13-5-9-17-37(29)48-42(32)40(43(33)49-39)41-44(48)46-35-15-7-6-14-34(35)45-41/h1-24H. The van der Waals surface area contributed by atoms with Gasteiger partial charge in [0, 0.05) is 52.8 Å². The molecule has 0 bridgehead atoms. The number of nitrogens with zero attached hydrogens (tertiary/aromatic N) is 4. The number of thiophene rings is 1. The van der Waals surface area contributed by atoms with Gasteiger partial charge < -0.3 is 4.57 Å². The van der Waals surface area contributed by atoms with Gasteiger partial charge in [0.05, 0.1) is 33.1 Å². The SMILES string of the molecule is c1ccc(-n2c3ccccc3c3cc(-c4ccc5sc6c(cc7c8ccccc8n8c9nc%10ccccc%10nc9c6c78)c5c4)ccc32)cc1. The highest BCUT2D eigenvalue weighted by molar-refractivity contribution is 7.26. The zero-order valence-corrected chi connectivity index (χ0v) is 26.9. The Balaban J connectivity index is 1.15. The number of rotatable bonds is 2. The van der Waals surface area contributed by atoms with Crippen LogP contribution >= 0.6 is 11.3 Å². The number of benzene rings is 7. The summed E-state index contributed by atoms with van der Waals surface area (Å²) in [5, 5.41) is 8.78. The van der Waals surface area contributed by atoms with Crippen LogP contribution < -0.4 is 0 Å². The summed E-state index contributed by atoms with van der Waals surface area (Å²) in [7, 11) is 0. The maximum atomic E-state index is 5.26. The summed E-state index contributed by atoms with van der Waals surface area (Å²) in [5.41, 5.74) is 12.2. The normalized spacial score (nSPS) is 12.5. The van der Waals surface area contributed by atoms with E-state index in [4.69, 9.17) is 9.97 Å². The third-order valence-corrected chi connectivity index (χ3v) is 11.6. The molecule has 0 aliphatic rings. The summed E-state index contributed by atoms with van der Waals surface area (Å²) in [4.78, 5) is 10.5. The first kappa shape index (κ1) is 25.7. The third kappa shape index (κ3) is 3.32. The Labute approximate surface area is 283 Å². The van der Waals surface area contributed by atoms with E-state index in [0.717, 1.165) is 22.2 Å². The monoisotopic (exact) mass is 640 g/mol. The predicted octanol–water partition coefficient (Wildman–Crippen LogP) is 11.9. The van der Waals surface area contributed by atoms with Crippen molar-refractivity contribution in [1.29, 1.82) is 0 Å². The molecular weight excluding hydrogens is 617 g/mol. The minimum absolute atomic E-state index is 0.918. The smallest absolute Gasteiger partial charge is 0.165 e. The number of aromatic nitrogens is 4. The first-order valence-electron chi connectivity index (χ1n) is 16.6. The van der Waals surface area contributed by atoms with Crippen LogP contribution in [0.25, 0.3) is 108 Å². The molecule has 0 fully saturated rings. The minimum atomic E-state index is 0.918. The summed E-state index contributed by atoms with van der Waals surface area (Å²) in [6.07, 6.45) is 0. The van der Waals surface area contributed by atoms with Gasteiger partial charge in [0.2, 0.25) is 0 Å². The zero-order chi connectivity index (χ0) is 31.8. The minimum Gasteiger partial charge on any atom is -0.309 e. The van der Waals surface area contributed by atoms with Crippen LogP contribution in [0.15, 0.2) is 146 Å². The molecule has 49 heavy (non-hydrogen) atoms. The summed E-state index contributed by atoms with van der Waals surface area (Å²) in [5.74, 6) is 0. The lowest BCUT2D eigenvalue weighted by Crippen LogP contribution is -1.92. The van der Waals surface area contributed by atoms with E-state index in [0.29, 0.717) is 0 Å². The van der Waals surface area contributed by atoms with Gasteiger partial charge >= 0.3 is 0 Å². The molecule has 0 amide bonds. The second-order valence-corrected chi connectivity index (χ2v) is 14.0. The molecular formula is C44H24N4S. The Bertz CT molecular complexity index is 3330. The fourth-order valence-corrected chi connectivity index (χ4v) is 9.51. The van der Waals surface area contributed by atoms with Gasteiger partial charge in [-0.1, -0.05) is 78.9 Å². The Morgan fingerprint density at radius 3 is 1.96 bits per heavy atom. The molecule has 226 valence electrons. The van der Waals surface area contributed by atoms with Gasteiger partial charge in [-0.3, -0.25) is 4.40 Å². The zero-order valence-electron chi connectivity index (χ0n) is 26.1. The van der Waals surface area contributed by atoms with E-state index < -0.39 is 0 Å². The lowest BCUT2D eigenvalue weighted by Gasteiger charge is -2.08. The topological polar surface area (TPSA) is 35.1 Å². The van der Waals surface area contributed by atoms with Crippen LogP contribution in [0.4, 0.5) is 0 Å². The summed E-state index contributed by atoms with van der Waals surface area (Å²) >= 11 is 1.86. The molecule has 12 rings (SSSR count). The van der Waals surface area contributed by atoms with Crippen molar-refractivity contribution < 1.29 is 0 Å². The van der Waals surface area contributed by atoms with Crippen molar-refractivity contribution in [3.8, 4) is 16.8 Å². The van der Waals surface area contributed by atoms with Crippen molar-refractivity contribution in [1.82, 2.24) is 18.9 Å². The lowest BCUT2D eigenvalue weighted by atomic mass is 9.99. The average Bonchev–Trinajstić information content (AvgIpc) is 3.89. The number of hydrogen-bond acceptors (Lipinski definition) is 3. The van der Waals surface area contributed by atoms with Crippen LogP contribution in [0.2, 0.25) is 0 Å². The molecule has 0 saturated heterocycles. The number of hydrogen-bond donors (Lipinski definition) is 0. The molecule has 5 heterocycles. The quantitative estimate of drug-likeness (QED) is 0.188. The second-order valence-electron chi connectivity index (χ2n) is 13.0. The van der Waals surface area contributed by atoms with Gasteiger partial charge in [0.1, 0.15) is 5.52 Å². The van der Waals surface area contributed by atoms with Crippen molar-refractivity contribution in [3.05, 3.63) is 146 Å². The van der Waals surface area contributed by atoms with Crippen LogP contribution in [0.3, 0.4) is 0 Å². The molecule has 0 aliphatic heterocycles. The first-order chi connectivity index (χ1) is 24.3. The molecule has 0 N–H and O–H groups in total. The van der Waals surface area contributed by atoms with E-state index in [1.165, 1.54) is 86.0 Å². The molecule has 5 heteroatoms. The van der Waals surface area contributed by atoms with E-state index in [9.17, 15) is 0 Å². The van der Waals surface area contributed by atoms with Gasteiger partial charge in [-0.05, 0) is 77.9 Å². The number of fused-ring (bicyclic) bond motifs is 14. The molecule has 0 saturated carbocycles. The Morgan fingerprint density at radius 1 is 0.469 bits per heavy atom. The van der Waals surface area contributed by atoms with E-state index >= 15 is 0 Å². The first-order valence-corrected chi connectivity index (χ1v) is 17.4. The van der Waals surface area contributed by atoms with Crippen LogP contribution in [-0.2, 0) is 0 Å². The maximum absolute atomic E-state index is 5.26. The van der Waals surface area contributed by atoms with Crippen molar-refractivity contribution in [3.63, 3.8) is 0 Å². The van der Waals surface area contributed by atoms with Crippen molar-refractivity contribution >= 4 is 103 Å². The number of para-hydroxylation sites is 5. The molecule has 0 radical (unpaired) electrons. The van der Waals surface area contributed by atoms with Crippen LogP contribution in [-0.4, -0.2) is 18.9 Å². The molecule has 0 unspecified atom stereocenters.